The maximum Gasteiger partial charge on any atom is 0.362 e. The first-order valence-corrected chi connectivity index (χ1v) is 7.02. The van der Waals surface area contributed by atoms with Gasteiger partial charge in [0.25, 0.3) is 0 Å². The molecule has 1 unspecified atom stereocenters. The van der Waals surface area contributed by atoms with Crippen LogP contribution in [-0.4, -0.2) is 28.4 Å². The van der Waals surface area contributed by atoms with Gasteiger partial charge in [0.05, 0.1) is 6.61 Å². The number of nitrogens with one attached hydrogen (secondary N) is 1. The highest BCUT2D eigenvalue weighted by molar-refractivity contribution is 7.10. The minimum Gasteiger partial charge on any atom is -0.461 e. The molecule has 0 saturated heterocycles. The van der Waals surface area contributed by atoms with E-state index in [0.717, 1.165) is 30.8 Å². The van der Waals surface area contributed by atoms with Crippen LogP contribution in [0.25, 0.3) is 0 Å². The van der Waals surface area contributed by atoms with Crippen LogP contribution in [0.5, 0.6) is 0 Å². The molecule has 2 rings (SSSR count). The fraction of sp³-hybridized carbons (Fsp3) is 0.500. The summed E-state index contributed by atoms with van der Waals surface area (Å²) in [5, 5.41) is 8.42. The van der Waals surface area contributed by atoms with Crippen molar-refractivity contribution in [1.29, 1.82) is 0 Å². The number of hydrogen-bond donors (Lipinski definition) is 1. The summed E-state index contributed by atoms with van der Waals surface area (Å²) in [7, 11) is 0. The third kappa shape index (κ3) is 3.85. The number of hydrogen-bond acceptors (Lipinski definition) is 7. The number of ether oxygens (including phenoxy) is 1. The van der Waals surface area contributed by atoms with Gasteiger partial charge in [0.2, 0.25) is 5.69 Å². The lowest BCUT2D eigenvalue weighted by atomic mass is 9.96. The molecule has 0 aromatic carbocycles. The van der Waals surface area contributed by atoms with E-state index in [1.54, 1.807) is 6.92 Å². The van der Waals surface area contributed by atoms with Crippen LogP contribution in [0.4, 0.5) is 5.00 Å². The fourth-order valence-electron chi connectivity index (χ4n) is 1.75. The summed E-state index contributed by atoms with van der Waals surface area (Å²) in [4.78, 5) is 11.6. The highest BCUT2D eigenvalue weighted by atomic mass is 32.1. The van der Waals surface area contributed by atoms with Gasteiger partial charge in [-0.2, -0.15) is 5.10 Å². The molecule has 1 atom stereocenters. The van der Waals surface area contributed by atoms with E-state index in [1.165, 1.54) is 0 Å². The van der Waals surface area contributed by atoms with Crippen LogP contribution in [0.2, 0.25) is 0 Å². The number of anilines is 1. The van der Waals surface area contributed by atoms with Crippen LogP contribution >= 0.6 is 11.5 Å². The van der Waals surface area contributed by atoms with E-state index in [2.05, 4.69) is 32.3 Å². The van der Waals surface area contributed by atoms with Gasteiger partial charge >= 0.3 is 5.97 Å². The van der Waals surface area contributed by atoms with Gasteiger partial charge in [-0.1, -0.05) is 16.6 Å². The summed E-state index contributed by atoms with van der Waals surface area (Å²) >= 11 is 1.09. The number of carbonyl (C=O) groups is 1. The molecule has 0 radical (unpaired) electrons. The van der Waals surface area contributed by atoms with Gasteiger partial charge in [-0.25, -0.2) is 4.79 Å². The van der Waals surface area contributed by atoms with E-state index in [4.69, 9.17) is 4.74 Å². The minimum atomic E-state index is -0.477. The second-order valence-electron chi connectivity index (χ2n) is 4.11. The zero-order valence-corrected chi connectivity index (χ0v) is 11.5. The lowest BCUT2D eigenvalue weighted by Crippen LogP contribution is -2.08. The standard InChI is InChI=1S/C12H16N4O2S/c1-2-18-12(17)10-11(19-16-14-10)15-13-8-9-6-4-3-5-7-9/h3-4,8-9,15H,2,5-7H2,1H3. The maximum atomic E-state index is 11.6. The van der Waals surface area contributed by atoms with Crippen LogP contribution < -0.4 is 5.43 Å². The summed E-state index contributed by atoms with van der Waals surface area (Å²) in [6.45, 7) is 2.06. The molecule has 1 heterocycles. The van der Waals surface area contributed by atoms with E-state index in [-0.39, 0.29) is 5.69 Å². The molecular formula is C12H16N4O2S. The molecule has 0 saturated carbocycles. The monoisotopic (exact) mass is 280 g/mol. The molecular weight excluding hydrogens is 264 g/mol. The Morgan fingerprint density at radius 2 is 2.58 bits per heavy atom. The molecule has 19 heavy (non-hydrogen) atoms. The molecule has 1 aliphatic rings. The average molecular weight is 280 g/mol. The largest absolute Gasteiger partial charge is 0.461 e. The van der Waals surface area contributed by atoms with Crippen molar-refractivity contribution in [3.05, 3.63) is 17.8 Å². The van der Waals surface area contributed by atoms with Gasteiger partial charge in [-0.05, 0) is 32.1 Å². The van der Waals surface area contributed by atoms with Crippen molar-refractivity contribution in [2.24, 2.45) is 11.0 Å². The fourth-order valence-corrected chi connectivity index (χ4v) is 2.26. The lowest BCUT2D eigenvalue weighted by molar-refractivity contribution is 0.0520. The van der Waals surface area contributed by atoms with Crippen molar-refractivity contribution in [3.63, 3.8) is 0 Å². The normalized spacial score (nSPS) is 18.7. The summed E-state index contributed by atoms with van der Waals surface area (Å²) in [6, 6.07) is 0. The Bertz CT molecular complexity index is 484. The third-order valence-electron chi connectivity index (χ3n) is 2.72. The molecule has 0 spiro atoms. The summed E-state index contributed by atoms with van der Waals surface area (Å²) < 4.78 is 8.62. The van der Waals surface area contributed by atoms with Crippen molar-refractivity contribution in [1.82, 2.24) is 9.59 Å². The van der Waals surface area contributed by atoms with Crippen molar-refractivity contribution in [3.8, 4) is 0 Å². The van der Waals surface area contributed by atoms with Crippen LogP contribution in [0.15, 0.2) is 17.3 Å². The van der Waals surface area contributed by atoms with Crippen LogP contribution in [0.3, 0.4) is 0 Å². The minimum absolute atomic E-state index is 0.188. The van der Waals surface area contributed by atoms with Gasteiger partial charge in [0.1, 0.15) is 0 Å². The number of nitrogens with zero attached hydrogens (tertiary/aromatic N) is 3. The molecule has 1 aromatic heterocycles. The van der Waals surface area contributed by atoms with Crippen LogP contribution in [0, 0.1) is 5.92 Å². The zero-order chi connectivity index (χ0) is 13.5. The highest BCUT2D eigenvalue weighted by Crippen LogP contribution is 2.19. The number of esters is 1. The second-order valence-corrected chi connectivity index (χ2v) is 4.86. The van der Waals surface area contributed by atoms with E-state index < -0.39 is 5.97 Å². The summed E-state index contributed by atoms with van der Waals surface area (Å²) in [5.41, 5.74) is 3.01. The van der Waals surface area contributed by atoms with Crippen molar-refractivity contribution in [2.45, 2.75) is 26.2 Å². The average Bonchev–Trinajstić information content (AvgIpc) is 2.89. The SMILES string of the molecule is CCOC(=O)c1nnsc1NN=CC1CC=CCC1. The number of rotatable bonds is 5. The Hall–Kier alpha value is -1.76. The number of carbonyl (C=O) groups excluding carboxylic acids is 1. The van der Waals surface area contributed by atoms with Gasteiger partial charge in [0, 0.05) is 17.7 Å². The molecule has 0 amide bonds. The zero-order valence-electron chi connectivity index (χ0n) is 10.7. The van der Waals surface area contributed by atoms with Crippen LogP contribution in [-0.2, 0) is 4.74 Å². The second kappa shape index (κ2) is 6.98. The highest BCUT2D eigenvalue weighted by Gasteiger charge is 2.17. The van der Waals surface area contributed by atoms with Crippen molar-refractivity contribution in [2.75, 3.05) is 12.0 Å². The Morgan fingerprint density at radius 3 is 3.32 bits per heavy atom. The topological polar surface area (TPSA) is 76.5 Å². The van der Waals surface area contributed by atoms with E-state index in [1.807, 2.05) is 6.21 Å². The summed E-state index contributed by atoms with van der Waals surface area (Å²) in [5.74, 6) is -0.0287. The Kier molecular flexibility index (Phi) is 5.02. The molecule has 1 aliphatic carbocycles. The predicted molar refractivity (Wildman–Crippen MR) is 74.5 cm³/mol. The molecule has 0 fully saturated rings. The predicted octanol–water partition coefficient (Wildman–Crippen LogP) is 2.47. The van der Waals surface area contributed by atoms with E-state index >= 15 is 0 Å². The maximum absolute atomic E-state index is 11.6. The molecule has 102 valence electrons. The smallest absolute Gasteiger partial charge is 0.362 e. The molecule has 7 heteroatoms. The van der Waals surface area contributed by atoms with Gasteiger partial charge in [-0.15, -0.1) is 5.10 Å². The molecule has 6 nitrogen and oxygen atoms in total. The van der Waals surface area contributed by atoms with Gasteiger partial charge in [-0.3, -0.25) is 5.43 Å². The van der Waals surface area contributed by atoms with Gasteiger partial charge in [0.15, 0.2) is 5.00 Å². The summed E-state index contributed by atoms with van der Waals surface area (Å²) in [6.07, 6.45) is 9.43. The van der Waals surface area contributed by atoms with Crippen molar-refractivity contribution < 1.29 is 9.53 Å². The van der Waals surface area contributed by atoms with E-state index in [0.29, 0.717) is 17.5 Å². The quantitative estimate of drug-likeness (QED) is 0.388. The van der Waals surface area contributed by atoms with Crippen molar-refractivity contribution >= 4 is 28.7 Å². The molecule has 0 aliphatic heterocycles. The molecule has 1 aromatic rings. The first-order chi connectivity index (χ1) is 9.31. The Labute approximate surface area is 115 Å². The first-order valence-electron chi connectivity index (χ1n) is 6.25. The molecule has 1 N–H and O–H groups in total. The third-order valence-corrected chi connectivity index (χ3v) is 3.35. The number of aromatic nitrogens is 2. The number of hydrazone groups is 1. The van der Waals surface area contributed by atoms with Gasteiger partial charge < -0.3 is 4.74 Å². The number of allylic oxidation sites excluding steroid dienone is 2. The van der Waals surface area contributed by atoms with Crippen LogP contribution in [0.1, 0.15) is 36.7 Å². The lowest BCUT2D eigenvalue weighted by Gasteiger charge is -2.11. The first kappa shape index (κ1) is 13.7. The van der Waals surface area contributed by atoms with E-state index in [9.17, 15) is 4.79 Å². The molecule has 0 bridgehead atoms. The Morgan fingerprint density at radius 1 is 1.68 bits per heavy atom. The Balaban J connectivity index is 1.92.